The number of nitroso groups, excluding NO2 is 1. The number of hydrogen-bond acceptors (Lipinski definition) is 3. The molecule has 0 aromatic carbocycles. The van der Waals surface area contributed by atoms with Gasteiger partial charge in [0.2, 0.25) is 0 Å². The minimum Gasteiger partial charge on any atom is -0.481 e. The van der Waals surface area contributed by atoms with E-state index in [0.717, 1.165) is 6.42 Å². The molecule has 0 aromatic heterocycles. The molecule has 0 bridgehead atoms. The van der Waals surface area contributed by atoms with Crippen LogP contribution in [0.4, 0.5) is 0 Å². The zero-order chi connectivity index (χ0) is 8.97. The molecule has 0 spiro atoms. The summed E-state index contributed by atoms with van der Waals surface area (Å²) in [5.74, 6) is -1.06. The Morgan fingerprint density at radius 2 is 2.17 bits per heavy atom. The normalized spacial score (nSPS) is 24.7. The van der Waals surface area contributed by atoms with Gasteiger partial charge in [-0.15, -0.1) is 4.91 Å². The fourth-order valence-corrected chi connectivity index (χ4v) is 1.41. The van der Waals surface area contributed by atoms with Crippen molar-refractivity contribution >= 4 is 5.97 Å². The second kappa shape index (κ2) is 4.04. The quantitative estimate of drug-likeness (QED) is 0.627. The predicted molar refractivity (Wildman–Crippen MR) is 42.3 cm³/mol. The summed E-state index contributed by atoms with van der Waals surface area (Å²) in [7, 11) is 0. The Labute approximate surface area is 70.3 Å². The number of nitrogens with zero attached hydrogens (tertiary/aromatic N) is 2. The molecule has 1 aliphatic heterocycles. The SMILES string of the molecule is O=NN1CCCC(C(=O)O)CC1. The Morgan fingerprint density at radius 1 is 1.42 bits per heavy atom. The monoisotopic (exact) mass is 172 g/mol. The molecule has 1 heterocycles. The minimum atomic E-state index is -0.761. The number of carboxylic acid groups (broad SMARTS) is 1. The Hall–Kier alpha value is -1.13. The molecule has 1 rings (SSSR count). The Balaban J connectivity index is 2.44. The molecule has 0 saturated carbocycles. The zero-order valence-corrected chi connectivity index (χ0v) is 6.77. The molecule has 1 atom stereocenters. The van der Waals surface area contributed by atoms with E-state index in [0.29, 0.717) is 25.9 Å². The third kappa shape index (κ3) is 2.18. The maximum absolute atomic E-state index is 10.6. The first-order chi connectivity index (χ1) is 5.74. The van der Waals surface area contributed by atoms with E-state index in [-0.39, 0.29) is 5.92 Å². The van der Waals surface area contributed by atoms with Gasteiger partial charge >= 0.3 is 5.97 Å². The van der Waals surface area contributed by atoms with Crippen LogP contribution in [0.15, 0.2) is 5.29 Å². The van der Waals surface area contributed by atoms with Crippen LogP contribution in [0.2, 0.25) is 0 Å². The van der Waals surface area contributed by atoms with E-state index in [4.69, 9.17) is 5.11 Å². The van der Waals surface area contributed by atoms with E-state index >= 15 is 0 Å². The summed E-state index contributed by atoms with van der Waals surface area (Å²) in [4.78, 5) is 20.7. The molecule has 5 heteroatoms. The first-order valence-electron chi connectivity index (χ1n) is 4.05. The predicted octanol–water partition coefficient (Wildman–Crippen LogP) is 0.855. The molecular formula is C7H12N2O3. The number of aliphatic carboxylic acids is 1. The molecule has 0 radical (unpaired) electrons. The number of rotatable bonds is 2. The molecule has 5 nitrogen and oxygen atoms in total. The first-order valence-corrected chi connectivity index (χ1v) is 4.05. The molecule has 0 aliphatic carbocycles. The number of carboxylic acids is 1. The fourth-order valence-electron chi connectivity index (χ4n) is 1.41. The largest absolute Gasteiger partial charge is 0.481 e. The summed E-state index contributed by atoms with van der Waals surface area (Å²) in [5, 5.41) is 12.9. The maximum atomic E-state index is 10.6. The lowest BCUT2D eigenvalue weighted by molar-refractivity contribution is -0.142. The molecule has 1 unspecified atom stereocenters. The summed E-state index contributed by atoms with van der Waals surface area (Å²) in [6, 6.07) is 0. The molecule has 12 heavy (non-hydrogen) atoms. The van der Waals surface area contributed by atoms with Crippen molar-refractivity contribution in [2.24, 2.45) is 11.2 Å². The van der Waals surface area contributed by atoms with E-state index < -0.39 is 5.97 Å². The summed E-state index contributed by atoms with van der Waals surface area (Å²) < 4.78 is 0. The third-order valence-electron chi connectivity index (χ3n) is 2.17. The van der Waals surface area contributed by atoms with Crippen molar-refractivity contribution < 1.29 is 9.90 Å². The highest BCUT2D eigenvalue weighted by Gasteiger charge is 2.21. The molecule has 1 N–H and O–H groups in total. The molecule has 0 aromatic rings. The van der Waals surface area contributed by atoms with Crippen LogP contribution in [0.1, 0.15) is 19.3 Å². The van der Waals surface area contributed by atoms with Crippen molar-refractivity contribution in [2.45, 2.75) is 19.3 Å². The van der Waals surface area contributed by atoms with Crippen LogP contribution in [-0.4, -0.2) is 29.2 Å². The van der Waals surface area contributed by atoms with E-state index in [9.17, 15) is 9.70 Å². The number of hydrogen-bond donors (Lipinski definition) is 1. The summed E-state index contributed by atoms with van der Waals surface area (Å²) >= 11 is 0. The Kier molecular flexibility index (Phi) is 3.01. The molecule has 1 aliphatic rings. The van der Waals surface area contributed by atoms with Gasteiger partial charge in [0.05, 0.1) is 11.2 Å². The van der Waals surface area contributed by atoms with E-state index in [1.165, 1.54) is 5.01 Å². The van der Waals surface area contributed by atoms with Crippen molar-refractivity contribution in [3.8, 4) is 0 Å². The Morgan fingerprint density at radius 3 is 2.75 bits per heavy atom. The second-order valence-corrected chi connectivity index (χ2v) is 3.00. The van der Waals surface area contributed by atoms with Crippen LogP contribution in [0.3, 0.4) is 0 Å². The van der Waals surface area contributed by atoms with Gasteiger partial charge in [0.25, 0.3) is 0 Å². The van der Waals surface area contributed by atoms with Crippen LogP contribution in [0.5, 0.6) is 0 Å². The van der Waals surface area contributed by atoms with Gasteiger partial charge in [-0.05, 0) is 19.3 Å². The topological polar surface area (TPSA) is 70.0 Å². The lowest BCUT2D eigenvalue weighted by atomic mass is 10.0. The maximum Gasteiger partial charge on any atom is 0.306 e. The van der Waals surface area contributed by atoms with Crippen molar-refractivity contribution in [3.63, 3.8) is 0 Å². The van der Waals surface area contributed by atoms with Crippen LogP contribution >= 0.6 is 0 Å². The lowest BCUT2D eigenvalue weighted by Crippen LogP contribution is -2.19. The van der Waals surface area contributed by atoms with Gasteiger partial charge in [-0.2, -0.15) is 0 Å². The summed E-state index contributed by atoms with van der Waals surface area (Å²) in [6.07, 6.45) is 1.92. The molecule has 68 valence electrons. The molecular weight excluding hydrogens is 160 g/mol. The van der Waals surface area contributed by atoms with Crippen molar-refractivity contribution in [2.75, 3.05) is 13.1 Å². The van der Waals surface area contributed by atoms with E-state index in [2.05, 4.69) is 5.29 Å². The average molecular weight is 172 g/mol. The Bertz CT molecular complexity index is 183. The summed E-state index contributed by atoms with van der Waals surface area (Å²) in [5.41, 5.74) is 0. The lowest BCUT2D eigenvalue weighted by Gasteiger charge is -2.10. The molecule has 1 fully saturated rings. The van der Waals surface area contributed by atoms with Crippen LogP contribution < -0.4 is 0 Å². The smallest absolute Gasteiger partial charge is 0.306 e. The highest BCUT2D eigenvalue weighted by atomic mass is 16.4. The van der Waals surface area contributed by atoms with Gasteiger partial charge in [-0.1, -0.05) is 0 Å². The molecule has 1 saturated heterocycles. The summed E-state index contributed by atoms with van der Waals surface area (Å²) in [6.45, 7) is 1.06. The van der Waals surface area contributed by atoms with Gasteiger partial charge in [0.15, 0.2) is 0 Å². The van der Waals surface area contributed by atoms with Crippen molar-refractivity contribution in [1.82, 2.24) is 5.01 Å². The van der Waals surface area contributed by atoms with Gasteiger partial charge in [-0.3, -0.25) is 9.80 Å². The second-order valence-electron chi connectivity index (χ2n) is 3.00. The number of carbonyl (C=O) groups is 1. The third-order valence-corrected chi connectivity index (χ3v) is 2.17. The highest BCUT2D eigenvalue weighted by molar-refractivity contribution is 5.69. The van der Waals surface area contributed by atoms with Crippen LogP contribution in [0, 0.1) is 10.8 Å². The first kappa shape index (κ1) is 8.96. The van der Waals surface area contributed by atoms with E-state index in [1.54, 1.807) is 0 Å². The van der Waals surface area contributed by atoms with Crippen LogP contribution in [0.25, 0.3) is 0 Å². The van der Waals surface area contributed by atoms with Gasteiger partial charge in [-0.25, -0.2) is 0 Å². The minimum absolute atomic E-state index is 0.295. The van der Waals surface area contributed by atoms with Crippen LogP contribution in [-0.2, 0) is 4.79 Å². The highest BCUT2D eigenvalue weighted by Crippen LogP contribution is 2.17. The zero-order valence-electron chi connectivity index (χ0n) is 6.77. The molecule has 0 amide bonds. The van der Waals surface area contributed by atoms with Gasteiger partial charge in [0.1, 0.15) is 0 Å². The van der Waals surface area contributed by atoms with Gasteiger partial charge < -0.3 is 5.11 Å². The van der Waals surface area contributed by atoms with Gasteiger partial charge in [0, 0.05) is 13.1 Å². The standard InChI is InChI=1S/C7H12N2O3/c10-7(11)6-2-1-4-9(8-12)5-3-6/h6H,1-5H2,(H,10,11). The van der Waals surface area contributed by atoms with Crippen molar-refractivity contribution in [1.29, 1.82) is 0 Å². The fraction of sp³-hybridized carbons (Fsp3) is 0.857. The van der Waals surface area contributed by atoms with E-state index in [1.807, 2.05) is 0 Å². The average Bonchev–Trinajstić information content (AvgIpc) is 2.28. The van der Waals surface area contributed by atoms with Crippen molar-refractivity contribution in [3.05, 3.63) is 4.91 Å².